The summed E-state index contributed by atoms with van der Waals surface area (Å²) >= 11 is 0. The minimum atomic E-state index is -5.04. The summed E-state index contributed by atoms with van der Waals surface area (Å²) < 4.78 is 52.8. The molecular weight excluding hydrogens is 242 g/mol. The van der Waals surface area contributed by atoms with E-state index >= 15 is 0 Å². The zero-order valence-electron chi connectivity index (χ0n) is 8.38. The Balaban J connectivity index is 3.22. The van der Waals surface area contributed by atoms with Gasteiger partial charge in [-0.3, -0.25) is 4.98 Å². The molecule has 0 aliphatic heterocycles. The lowest BCUT2D eigenvalue weighted by Crippen LogP contribution is -2.20. The monoisotopic (exact) mass is 249 g/mol. The van der Waals surface area contributed by atoms with Gasteiger partial charge in [0.25, 0.3) is 0 Å². The Morgan fingerprint density at radius 3 is 2.59 bits per heavy atom. The van der Waals surface area contributed by atoms with Crippen molar-refractivity contribution in [3.63, 3.8) is 0 Å². The minimum absolute atomic E-state index is 0.0438. The van der Waals surface area contributed by atoms with Gasteiger partial charge in [0.15, 0.2) is 11.6 Å². The van der Waals surface area contributed by atoms with Crippen molar-refractivity contribution in [2.75, 3.05) is 0 Å². The summed E-state index contributed by atoms with van der Waals surface area (Å²) in [6.45, 7) is -0.151. The maximum absolute atomic E-state index is 13.3. The van der Waals surface area contributed by atoms with Crippen LogP contribution < -0.4 is 10.5 Å². The molecule has 0 saturated carbocycles. The van der Waals surface area contributed by atoms with Crippen LogP contribution in [-0.4, -0.2) is 11.3 Å². The maximum atomic E-state index is 13.3. The number of nitriles is 1. The second-order valence-electron chi connectivity index (χ2n) is 2.96. The average molecular weight is 249 g/mol. The van der Waals surface area contributed by atoms with E-state index in [4.69, 9.17) is 11.0 Å². The molecule has 0 fully saturated rings. The van der Waals surface area contributed by atoms with Gasteiger partial charge < -0.3 is 10.5 Å². The largest absolute Gasteiger partial charge is 0.573 e. The highest BCUT2D eigenvalue weighted by Crippen LogP contribution is 2.29. The molecule has 0 radical (unpaired) electrons. The lowest BCUT2D eigenvalue weighted by Gasteiger charge is -2.13. The first-order chi connectivity index (χ1) is 7.87. The predicted molar refractivity (Wildman–Crippen MR) is 48.1 cm³/mol. The molecular formula is C9H7F4N3O. The predicted octanol–water partition coefficient (Wildman–Crippen LogP) is 1.64. The smallest absolute Gasteiger partial charge is 0.401 e. The van der Waals surface area contributed by atoms with Gasteiger partial charge in [0.2, 0.25) is 0 Å². The molecule has 2 N–H and O–H groups in total. The Morgan fingerprint density at radius 1 is 1.47 bits per heavy atom. The second kappa shape index (κ2) is 4.97. The second-order valence-corrected chi connectivity index (χ2v) is 2.96. The van der Waals surface area contributed by atoms with Crippen LogP contribution in [0.1, 0.15) is 11.4 Å². The van der Waals surface area contributed by atoms with Crippen molar-refractivity contribution in [3.05, 3.63) is 23.3 Å². The molecule has 0 aromatic carbocycles. The van der Waals surface area contributed by atoms with E-state index in [1.54, 1.807) is 6.07 Å². The van der Waals surface area contributed by atoms with Gasteiger partial charge in [-0.1, -0.05) is 0 Å². The molecule has 1 aromatic heterocycles. The van der Waals surface area contributed by atoms with Gasteiger partial charge in [-0.25, -0.2) is 4.39 Å². The van der Waals surface area contributed by atoms with Crippen molar-refractivity contribution < 1.29 is 22.3 Å². The van der Waals surface area contributed by atoms with Crippen LogP contribution in [0, 0.1) is 17.1 Å². The summed E-state index contributed by atoms with van der Waals surface area (Å²) in [7, 11) is 0. The highest BCUT2D eigenvalue weighted by molar-refractivity contribution is 5.33. The summed E-state index contributed by atoms with van der Waals surface area (Å²) in [6, 6.07) is 2.31. The van der Waals surface area contributed by atoms with Crippen LogP contribution in [0.3, 0.4) is 0 Å². The third-order valence-electron chi connectivity index (χ3n) is 1.72. The Bertz CT molecular complexity index is 453. The number of hydrogen-bond acceptors (Lipinski definition) is 4. The van der Waals surface area contributed by atoms with Gasteiger partial charge >= 0.3 is 6.36 Å². The van der Waals surface area contributed by atoms with Gasteiger partial charge in [-0.15, -0.1) is 13.2 Å². The number of alkyl halides is 3. The summed E-state index contributed by atoms with van der Waals surface area (Å²) in [5.74, 6) is -2.33. The summed E-state index contributed by atoms with van der Waals surface area (Å²) in [4.78, 5) is 3.61. The number of aromatic nitrogens is 1. The topological polar surface area (TPSA) is 71.9 Å². The summed E-state index contributed by atoms with van der Waals surface area (Å²) in [5, 5.41) is 8.42. The maximum Gasteiger partial charge on any atom is 0.573 e. The van der Waals surface area contributed by atoms with E-state index in [0.717, 1.165) is 6.07 Å². The first kappa shape index (κ1) is 13.2. The van der Waals surface area contributed by atoms with Gasteiger partial charge in [0.1, 0.15) is 5.69 Å². The SMILES string of the molecule is N#CCc1nc(CN)cc(F)c1OC(F)(F)F. The molecule has 0 bridgehead atoms. The van der Waals surface area contributed by atoms with E-state index in [-0.39, 0.29) is 12.2 Å². The molecule has 92 valence electrons. The molecule has 17 heavy (non-hydrogen) atoms. The van der Waals surface area contributed by atoms with Crippen molar-refractivity contribution >= 4 is 0 Å². The zero-order chi connectivity index (χ0) is 13.1. The zero-order valence-corrected chi connectivity index (χ0v) is 8.38. The molecule has 0 spiro atoms. The highest BCUT2D eigenvalue weighted by atomic mass is 19.4. The number of halogens is 4. The Morgan fingerprint density at radius 2 is 2.12 bits per heavy atom. The Kier molecular flexibility index (Phi) is 3.85. The van der Waals surface area contributed by atoms with Gasteiger partial charge in [-0.2, -0.15) is 5.26 Å². The van der Waals surface area contributed by atoms with Crippen LogP contribution in [0.15, 0.2) is 6.07 Å². The standard InChI is InChI=1S/C9H7F4N3O/c10-6-3-5(4-15)16-7(1-2-14)8(6)17-9(11,12)13/h3H,1,4,15H2. The highest BCUT2D eigenvalue weighted by Gasteiger charge is 2.34. The first-order valence-electron chi connectivity index (χ1n) is 4.38. The normalized spacial score (nSPS) is 11.1. The molecule has 8 heteroatoms. The lowest BCUT2D eigenvalue weighted by atomic mass is 10.2. The van der Waals surface area contributed by atoms with Crippen LogP contribution >= 0.6 is 0 Å². The van der Waals surface area contributed by atoms with Crippen LogP contribution in [0.5, 0.6) is 5.75 Å². The van der Waals surface area contributed by atoms with Gasteiger partial charge in [0, 0.05) is 12.6 Å². The van der Waals surface area contributed by atoms with Crippen molar-refractivity contribution in [3.8, 4) is 11.8 Å². The average Bonchev–Trinajstić information content (AvgIpc) is 2.21. The third-order valence-corrected chi connectivity index (χ3v) is 1.72. The number of nitrogens with zero attached hydrogens (tertiary/aromatic N) is 2. The quantitative estimate of drug-likeness (QED) is 0.826. The molecule has 1 heterocycles. The molecule has 0 amide bonds. The van der Waals surface area contributed by atoms with Crippen LogP contribution in [0.25, 0.3) is 0 Å². The van der Waals surface area contributed by atoms with Crippen LogP contribution in [0.4, 0.5) is 17.6 Å². The molecule has 1 aromatic rings. The van der Waals surface area contributed by atoms with Crippen LogP contribution in [0.2, 0.25) is 0 Å². The van der Waals surface area contributed by atoms with Crippen molar-refractivity contribution in [1.29, 1.82) is 5.26 Å². The molecule has 0 aliphatic carbocycles. The minimum Gasteiger partial charge on any atom is -0.401 e. The van der Waals surface area contributed by atoms with E-state index < -0.39 is 30.0 Å². The van der Waals surface area contributed by atoms with E-state index in [1.807, 2.05) is 0 Å². The summed E-state index contributed by atoms with van der Waals surface area (Å²) in [6.07, 6.45) is -5.55. The Labute approximate surface area is 93.6 Å². The van der Waals surface area contributed by atoms with E-state index in [2.05, 4.69) is 9.72 Å². The number of hydrogen-bond donors (Lipinski definition) is 1. The van der Waals surface area contributed by atoms with E-state index in [0.29, 0.717) is 0 Å². The van der Waals surface area contributed by atoms with Crippen molar-refractivity contribution in [2.45, 2.75) is 19.3 Å². The van der Waals surface area contributed by atoms with E-state index in [9.17, 15) is 17.6 Å². The number of ether oxygens (including phenoxy) is 1. The summed E-state index contributed by atoms with van der Waals surface area (Å²) in [5.41, 5.74) is 4.80. The van der Waals surface area contributed by atoms with Crippen LogP contribution in [-0.2, 0) is 13.0 Å². The fourth-order valence-corrected chi connectivity index (χ4v) is 1.13. The molecule has 4 nitrogen and oxygen atoms in total. The molecule has 1 rings (SSSR count). The van der Waals surface area contributed by atoms with Gasteiger partial charge in [0.05, 0.1) is 18.2 Å². The number of nitrogens with two attached hydrogens (primary N) is 1. The third kappa shape index (κ3) is 3.57. The molecule has 0 unspecified atom stereocenters. The van der Waals surface area contributed by atoms with Crippen molar-refractivity contribution in [2.24, 2.45) is 5.73 Å². The van der Waals surface area contributed by atoms with Gasteiger partial charge in [-0.05, 0) is 0 Å². The fourth-order valence-electron chi connectivity index (χ4n) is 1.13. The fraction of sp³-hybridized carbons (Fsp3) is 0.333. The van der Waals surface area contributed by atoms with E-state index in [1.165, 1.54) is 0 Å². The lowest BCUT2D eigenvalue weighted by molar-refractivity contribution is -0.276. The first-order valence-corrected chi connectivity index (χ1v) is 4.38. The molecule has 0 saturated heterocycles. The van der Waals surface area contributed by atoms with Crippen molar-refractivity contribution in [1.82, 2.24) is 4.98 Å². The number of pyridine rings is 1. The number of rotatable bonds is 3. The molecule has 0 aliphatic rings. The Hall–Kier alpha value is -1.88. The molecule has 0 atom stereocenters.